The van der Waals surface area contributed by atoms with Crippen LogP contribution in [0.2, 0.25) is 0 Å². The van der Waals surface area contributed by atoms with Crippen LogP contribution in [0.15, 0.2) is 24.3 Å². The zero-order valence-electron chi connectivity index (χ0n) is 15.9. The van der Waals surface area contributed by atoms with Crippen LogP contribution in [0.5, 0.6) is 0 Å². The topological polar surface area (TPSA) is 119 Å². The highest BCUT2D eigenvalue weighted by atomic mass is 16.5. The third-order valence-corrected chi connectivity index (χ3v) is 4.51. The lowest BCUT2D eigenvalue weighted by Crippen LogP contribution is -2.47. The maximum Gasteiger partial charge on any atom is 0.328 e. The summed E-state index contributed by atoms with van der Waals surface area (Å²) in [6.45, 7) is 2.52. The van der Waals surface area contributed by atoms with Crippen LogP contribution in [0.3, 0.4) is 0 Å². The SMILES string of the molecule is CC[C@H](C)[C@H](NC(=O)COC(=O)CN1C(=O)C(=O)c2ccccc21)C(=O)OC. The van der Waals surface area contributed by atoms with Crippen molar-refractivity contribution >= 4 is 35.2 Å². The minimum Gasteiger partial charge on any atom is -0.467 e. The van der Waals surface area contributed by atoms with Crippen LogP contribution in [-0.2, 0) is 28.7 Å². The van der Waals surface area contributed by atoms with E-state index in [1.54, 1.807) is 25.1 Å². The highest BCUT2D eigenvalue weighted by Crippen LogP contribution is 2.28. The molecule has 1 aromatic carbocycles. The standard InChI is InChI=1S/C19H22N2O7/c1-4-11(2)16(19(26)27-3)20-14(22)10-28-15(23)9-21-13-8-6-5-7-12(13)17(24)18(21)25/h5-8,11,16H,4,9-10H2,1-3H3,(H,20,22)/t11-,16-/m0/s1. The fourth-order valence-electron chi connectivity index (χ4n) is 2.74. The number of nitrogens with zero attached hydrogens (tertiary/aromatic N) is 1. The summed E-state index contributed by atoms with van der Waals surface area (Å²) in [5, 5.41) is 2.47. The molecule has 0 radical (unpaired) electrons. The lowest BCUT2D eigenvalue weighted by molar-refractivity contribution is -0.150. The summed E-state index contributed by atoms with van der Waals surface area (Å²) in [4.78, 5) is 60.8. The van der Waals surface area contributed by atoms with Crippen molar-refractivity contribution in [3.63, 3.8) is 0 Å². The van der Waals surface area contributed by atoms with Crippen molar-refractivity contribution in [1.82, 2.24) is 5.32 Å². The van der Waals surface area contributed by atoms with Crippen LogP contribution in [0.1, 0.15) is 30.6 Å². The number of ether oxygens (including phenoxy) is 2. The first kappa shape index (κ1) is 21.1. The quantitative estimate of drug-likeness (QED) is 0.506. The van der Waals surface area contributed by atoms with Gasteiger partial charge in [-0.1, -0.05) is 32.4 Å². The predicted octanol–water partition coefficient (Wildman–Crippen LogP) is 0.463. The Kier molecular flexibility index (Phi) is 6.86. The highest BCUT2D eigenvalue weighted by molar-refractivity contribution is 6.52. The first-order chi connectivity index (χ1) is 13.3. The molecule has 1 aliphatic heterocycles. The van der Waals surface area contributed by atoms with E-state index in [1.807, 2.05) is 6.92 Å². The Morgan fingerprint density at radius 3 is 2.50 bits per heavy atom. The maximum atomic E-state index is 12.0. The maximum absolute atomic E-state index is 12.0. The number of methoxy groups -OCH3 is 1. The number of ketones is 1. The molecule has 150 valence electrons. The van der Waals surface area contributed by atoms with Gasteiger partial charge in [0.1, 0.15) is 12.6 Å². The van der Waals surface area contributed by atoms with Gasteiger partial charge in [-0.05, 0) is 18.1 Å². The van der Waals surface area contributed by atoms with E-state index in [9.17, 15) is 24.0 Å². The molecule has 2 atom stereocenters. The zero-order chi connectivity index (χ0) is 20.8. The minimum atomic E-state index is -0.856. The number of para-hydroxylation sites is 1. The average molecular weight is 390 g/mol. The highest BCUT2D eigenvalue weighted by Gasteiger charge is 2.36. The lowest BCUT2D eigenvalue weighted by Gasteiger charge is -2.21. The van der Waals surface area contributed by atoms with Gasteiger partial charge >= 0.3 is 11.9 Å². The number of hydrogen-bond donors (Lipinski definition) is 1. The van der Waals surface area contributed by atoms with Crippen LogP contribution in [-0.4, -0.2) is 55.8 Å². The van der Waals surface area contributed by atoms with E-state index in [2.05, 4.69) is 10.1 Å². The van der Waals surface area contributed by atoms with Gasteiger partial charge in [0.2, 0.25) is 0 Å². The van der Waals surface area contributed by atoms with Gasteiger partial charge in [-0.2, -0.15) is 0 Å². The monoisotopic (exact) mass is 390 g/mol. The minimum absolute atomic E-state index is 0.170. The second-order valence-electron chi connectivity index (χ2n) is 6.35. The van der Waals surface area contributed by atoms with Gasteiger partial charge in [-0.3, -0.25) is 24.1 Å². The van der Waals surface area contributed by atoms with Gasteiger partial charge in [0, 0.05) is 0 Å². The summed E-state index contributed by atoms with van der Waals surface area (Å²) in [6, 6.07) is 5.44. The molecule has 0 unspecified atom stereocenters. The van der Waals surface area contributed by atoms with E-state index in [0.29, 0.717) is 12.1 Å². The molecule has 9 heteroatoms. The molecule has 1 aromatic rings. The van der Waals surface area contributed by atoms with Gasteiger partial charge in [-0.15, -0.1) is 0 Å². The Balaban J connectivity index is 1.92. The predicted molar refractivity (Wildman–Crippen MR) is 97.5 cm³/mol. The van der Waals surface area contributed by atoms with Crippen molar-refractivity contribution < 1.29 is 33.4 Å². The fraction of sp³-hybridized carbons (Fsp3) is 0.421. The molecule has 1 N–H and O–H groups in total. The first-order valence-electron chi connectivity index (χ1n) is 8.78. The van der Waals surface area contributed by atoms with E-state index in [1.165, 1.54) is 13.2 Å². The van der Waals surface area contributed by atoms with Crippen LogP contribution >= 0.6 is 0 Å². The van der Waals surface area contributed by atoms with E-state index in [-0.39, 0.29) is 11.5 Å². The summed E-state index contributed by atoms with van der Waals surface area (Å²) >= 11 is 0. The molecule has 0 aliphatic carbocycles. The van der Waals surface area contributed by atoms with E-state index < -0.39 is 48.7 Å². The molecular weight excluding hydrogens is 368 g/mol. The number of amides is 2. The number of rotatable bonds is 8. The summed E-state index contributed by atoms with van der Waals surface area (Å²) in [5.41, 5.74) is 0.536. The van der Waals surface area contributed by atoms with E-state index >= 15 is 0 Å². The van der Waals surface area contributed by atoms with Crippen LogP contribution in [0.25, 0.3) is 0 Å². The normalized spacial score (nSPS) is 14.9. The molecule has 9 nitrogen and oxygen atoms in total. The zero-order valence-corrected chi connectivity index (χ0v) is 15.9. The van der Waals surface area contributed by atoms with Gasteiger partial charge in [0.25, 0.3) is 17.6 Å². The fourth-order valence-corrected chi connectivity index (χ4v) is 2.74. The van der Waals surface area contributed by atoms with Crippen molar-refractivity contribution in [3.8, 4) is 0 Å². The second-order valence-corrected chi connectivity index (χ2v) is 6.35. The summed E-state index contributed by atoms with van der Waals surface area (Å²) in [6.07, 6.45) is 0.629. The van der Waals surface area contributed by atoms with Crippen molar-refractivity contribution in [1.29, 1.82) is 0 Å². The lowest BCUT2D eigenvalue weighted by atomic mass is 9.99. The van der Waals surface area contributed by atoms with E-state index in [0.717, 1.165) is 4.90 Å². The Labute approximate surface area is 162 Å². The van der Waals surface area contributed by atoms with Crippen LogP contribution < -0.4 is 10.2 Å². The number of fused-ring (bicyclic) bond motifs is 1. The Morgan fingerprint density at radius 1 is 1.18 bits per heavy atom. The summed E-state index contributed by atoms with van der Waals surface area (Å²) in [5.74, 6) is -3.82. The Bertz CT molecular complexity index is 805. The largest absolute Gasteiger partial charge is 0.467 e. The number of anilines is 1. The number of hydrogen-bond acceptors (Lipinski definition) is 7. The molecule has 0 fully saturated rings. The van der Waals surface area contributed by atoms with Gasteiger partial charge in [0.05, 0.1) is 18.4 Å². The number of benzene rings is 1. The van der Waals surface area contributed by atoms with Crippen molar-refractivity contribution in [2.24, 2.45) is 5.92 Å². The molecule has 0 saturated carbocycles. The van der Waals surface area contributed by atoms with Gasteiger partial charge in [-0.25, -0.2) is 4.79 Å². The molecule has 2 rings (SSSR count). The first-order valence-corrected chi connectivity index (χ1v) is 8.78. The Morgan fingerprint density at radius 2 is 1.86 bits per heavy atom. The number of carbonyl (C=O) groups is 5. The number of nitrogens with one attached hydrogen (secondary N) is 1. The smallest absolute Gasteiger partial charge is 0.328 e. The van der Waals surface area contributed by atoms with E-state index in [4.69, 9.17) is 4.74 Å². The average Bonchev–Trinajstić information content (AvgIpc) is 2.94. The van der Waals surface area contributed by atoms with Crippen LogP contribution in [0.4, 0.5) is 5.69 Å². The van der Waals surface area contributed by atoms with Crippen molar-refractivity contribution in [2.45, 2.75) is 26.3 Å². The number of carbonyl (C=O) groups excluding carboxylic acids is 5. The molecule has 1 heterocycles. The number of esters is 2. The molecule has 2 amide bonds. The second kappa shape index (κ2) is 9.12. The van der Waals surface area contributed by atoms with Crippen molar-refractivity contribution in [3.05, 3.63) is 29.8 Å². The Hall–Kier alpha value is -3.23. The third-order valence-electron chi connectivity index (χ3n) is 4.51. The third kappa shape index (κ3) is 4.54. The molecule has 0 aromatic heterocycles. The number of Topliss-reactive ketones (excluding diaryl/α,β-unsaturated/α-hetero) is 1. The molecule has 0 saturated heterocycles. The molecular formula is C19H22N2O7. The molecule has 0 bridgehead atoms. The molecule has 1 aliphatic rings. The molecule has 28 heavy (non-hydrogen) atoms. The molecule has 0 spiro atoms. The van der Waals surface area contributed by atoms with Crippen LogP contribution in [0, 0.1) is 5.92 Å². The van der Waals surface area contributed by atoms with Gasteiger partial charge in [0.15, 0.2) is 6.61 Å². The summed E-state index contributed by atoms with van der Waals surface area (Å²) in [7, 11) is 1.22. The summed E-state index contributed by atoms with van der Waals surface area (Å²) < 4.78 is 9.55. The van der Waals surface area contributed by atoms with Gasteiger partial charge < -0.3 is 14.8 Å². The van der Waals surface area contributed by atoms with Crippen molar-refractivity contribution in [2.75, 3.05) is 25.2 Å².